The van der Waals surface area contributed by atoms with E-state index in [1.165, 1.54) is 11.8 Å². The van der Waals surface area contributed by atoms with Gasteiger partial charge in [-0.3, -0.25) is 0 Å². The number of aryl methyl sites for hydroxylation is 1. The second-order valence-corrected chi connectivity index (χ2v) is 9.12. The van der Waals surface area contributed by atoms with E-state index in [1.807, 2.05) is 31.9 Å². The molecular weight excluding hydrogens is 417 g/mol. The normalized spacial score (nSPS) is 17.5. The Balaban J connectivity index is 1.93. The zero-order valence-corrected chi connectivity index (χ0v) is 18.7. The minimum atomic E-state index is -0.647. The zero-order chi connectivity index (χ0) is 21.3. The molecule has 7 nitrogen and oxygen atoms in total. The molecule has 1 aliphatic rings. The standard InChI is InChI=1S/C19H25ClFN5O2S/c1-10-12-14(13(21)15(20)22-10)24-17(29-5)25-16(12)26-8-6-7-11(9-26)23-18(27)28-19(2,3)4/h11H,6-9H2,1-5H3,(H,23,27)/t11-/m1/s1. The maximum Gasteiger partial charge on any atom is 0.407 e. The van der Waals surface area contributed by atoms with Gasteiger partial charge >= 0.3 is 6.09 Å². The number of thioether (sulfide) groups is 1. The molecule has 1 atom stereocenters. The van der Waals surface area contributed by atoms with Crippen molar-refractivity contribution in [3.63, 3.8) is 0 Å². The van der Waals surface area contributed by atoms with E-state index >= 15 is 0 Å². The molecule has 1 aliphatic heterocycles. The number of alkyl carbamates (subject to hydrolysis) is 1. The number of amides is 1. The molecule has 0 unspecified atom stereocenters. The molecule has 3 rings (SSSR count). The lowest BCUT2D eigenvalue weighted by Gasteiger charge is -2.35. The third kappa shape index (κ3) is 5.01. The summed E-state index contributed by atoms with van der Waals surface area (Å²) in [5.74, 6) is -0.0396. The van der Waals surface area contributed by atoms with Crippen molar-refractivity contribution in [3.05, 3.63) is 16.7 Å². The summed E-state index contributed by atoms with van der Waals surface area (Å²) in [6.45, 7) is 8.50. The van der Waals surface area contributed by atoms with E-state index in [1.54, 1.807) is 6.92 Å². The molecular formula is C19H25ClFN5O2S. The predicted molar refractivity (Wildman–Crippen MR) is 113 cm³/mol. The van der Waals surface area contributed by atoms with Gasteiger partial charge < -0.3 is 15.0 Å². The van der Waals surface area contributed by atoms with Crippen molar-refractivity contribution in [2.75, 3.05) is 24.2 Å². The number of piperidine rings is 1. The SMILES string of the molecule is CSc1nc(N2CCC[C@@H](NC(=O)OC(C)(C)C)C2)c2c(C)nc(Cl)c(F)c2n1. The minimum Gasteiger partial charge on any atom is -0.444 e. The molecule has 2 aromatic heterocycles. The van der Waals surface area contributed by atoms with Crippen molar-refractivity contribution in [2.45, 2.75) is 57.3 Å². The van der Waals surface area contributed by atoms with E-state index in [4.69, 9.17) is 16.3 Å². The van der Waals surface area contributed by atoms with Crippen LogP contribution in [0.25, 0.3) is 10.9 Å². The Hall–Kier alpha value is -1.87. The lowest BCUT2D eigenvalue weighted by molar-refractivity contribution is 0.0500. The van der Waals surface area contributed by atoms with Crippen LogP contribution >= 0.6 is 23.4 Å². The van der Waals surface area contributed by atoms with Gasteiger partial charge in [-0.2, -0.15) is 0 Å². The topological polar surface area (TPSA) is 80.2 Å². The summed E-state index contributed by atoms with van der Waals surface area (Å²) in [6.07, 6.45) is 3.06. The van der Waals surface area contributed by atoms with Gasteiger partial charge in [0.15, 0.2) is 16.1 Å². The first-order valence-corrected chi connectivity index (χ1v) is 11.0. The van der Waals surface area contributed by atoms with Crippen molar-refractivity contribution in [1.29, 1.82) is 0 Å². The van der Waals surface area contributed by atoms with Crippen molar-refractivity contribution < 1.29 is 13.9 Å². The summed E-state index contributed by atoms with van der Waals surface area (Å²) in [5, 5.41) is 3.72. The van der Waals surface area contributed by atoms with Gasteiger partial charge in [0.05, 0.1) is 11.1 Å². The third-order valence-corrected chi connectivity index (χ3v) is 5.31. The molecule has 1 saturated heterocycles. The molecule has 0 aromatic carbocycles. The lowest BCUT2D eigenvalue weighted by atomic mass is 10.0. The smallest absolute Gasteiger partial charge is 0.407 e. The summed E-state index contributed by atoms with van der Waals surface area (Å²) < 4.78 is 20.0. The average molecular weight is 442 g/mol. The van der Waals surface area contributed by atoms with E-state index < -0.39 is 17.5 Å². The fourth-order valence-electron chi connectivity index (χ4n) is 3.35. The largest absolute Gasteiger partial charge is 0.444 e. The lowest BCUT2D eigenvalue weighted by Crippen LogP contribution is -2.49. The minimum absolute atomic E-state index is 0.105. The first-order valence-electron chi connectivity index (χ1n) is 9.41. The Morgan fingerprint density at radius 1 is 1.34 bits per heavy atom. The number of rotatable bonds is 3. The van der Waals surface area contributed by atoms with Crippen LogP contribution in [0, 0.1) is 12.7 Å². The van der Waals surface area contributed by atoms with Crippen molar-refractivity contribution in [3.8, 4) is 0 Å². The summed E-state index contributed by atoms with van der Waals surface area (Å²) in [7, 11) is 0. The van der Waals surface area contributed by atoms with Gasteiger partial charge in [0, 0.05) is 19.1 Å². The van der Waals surface area contributed by atoms with Crippen LogP contribution < -0.4 is 10.2 Å². The van der Waals surface area contributed by atoms with Crippen molar-refractivity contribution in [2.24, 2.45) is 0 Å². The number of anilines is 1. The Bertz CT molecular complexity index is 937. The number of nitrogens with one attached hydrogen (secondary N) is 1. The molecule has 1 N–H and O–H groups in total. The highest BCUT2D eigenvalue weighted by Gasteiger charge is 2.28. The number of pyridine rings is 1. The second-order valence-electron chi connectivity index (χ2n) is 7.99. The van der Waals surface area contributed by atoms with Crippen LogP contribution in [0.3, 0.4) is 0 Å². The number of ether oxygens (including phenoxy) is 1. The highest BCUT2D eigenvalue weighted by atomic mass is 35.5. The summed E-state index contributed by atoms with van der Waals surface area (Å²) >= 11 is 7.26. The summed E-state index contributed by atoms with van der Waals surface area (Å²) in [4.78, 5) is 27.3. The Morgan fingerprint density at radius 2 is 2.07 bits per heavy atom. The van der Waals surface area contributed by atoms with Crippen molar-refractivity contribution in [1.82, 2.24) is 20.3 Å². The Morgan fingerprint density at radius 3 is 2.72 bits per heavy atom. The summed E-state index contributed by atoms with van der Waals surface area (Å²) in [6, 6.07) is -0.105. The number of nitrogens with zero attached hydrogens (tertiary/aromatic N) is 4. The molecule has 0 aliphatic carbocycles. The number of hydrogen-bond acceptors (Lipinski definition) is 7. The predicted octanol–water partition coefficient (Wildman–Crippen LogP) is 4.34. The fraction of sp³-hybridized carbons (Fsp3) is 0.579. The molecule has 29 heavy (non-hydrogen) atoms. The average Bonchev–Trinajstić information content (AvgIpc) is 2.63. The molecule has 3 heterocycles. The van der Waals surface area contributed by atoms with E-state index in [0.29, 0.717) is 28.6 Å². The number of fused-ring (bicyclic) bond motifs is 1. The van der Waals surface area contributed by atoms with Crippen LogP contribution in [0.5, 0.6) is 0 Å². The molecule has 2 aromatic rings. The molecule has 10 heteroatoms. The van der Waals surface area contributed by atoms with Crippen LogP contribution in [0.4, 0.5) is 15.0 Å². The quantitative estimate of drug-likeness (QED) is 0.431. The number of carbonyl (C=O) groups is 1. The molecule has 0 radical (unpaired) electrons. The van der Waals surface area contributed by atoms with Gasteiger partial charge in [-0.1, -0.05) is 23.4 Å². The van der Waals surface area contributed by atoms with Gasteiger partial charge in [0.25, 0.3) is 0 Å². The van der Waals surface area contributed by atoms with Crippen molar-refractivity contribution >= 4 is 46.2 Å². The molecule has 0 bridgehead atoms. The van der Waals surface area contributed by atoms with Gasteiger partial charge in [-0.05, 0) is 46.8 Å². The molecule has 0 saturated carbocycles. The van der Waals surface area contributed by atoms with Gasteiger partial charge in [-0.25, -0.2) is 24.1 Å². The van der Waals surface area contributed by atoms with Gasteiger partial charge in [0.1, 0.15) is 16.9 Å². The van der Waals surface area contributed by atoms with E-state index in [-0.39, 0.29) is 16.7 Å². The molecule has 158 valence electrons. The zero-order valence-electron chi connectivity index (χ0n) is 17.2. The first kappa shape index (κ1) is 21.8. The maximum absolute atomic E-state index is 14.7. The fourth-order valence-corrected chi connectivity index (χ4v) is 3.93. The molecule has 1 fully saturated rings. The van der Waals surface area contributed by atoms with E-state index in [9.17, 15) is 9.18 Å². The monoisotopic (exact) mass is 441 g/mol. The maximum atomic E-state index is 14.7. The number of aromatic nitrogens is 3. The third-order valence-electron chi connectivity index (χ3n) is 4.51. The van der Waals surface area contributed by atoms with E-state index in [2.05, 4.69) is 20.3 Å². The van der Waals surface area contributed by atoms with Gasteiger partial charge in [0.2, 0.25) is 0 Å². The number of hydrogen-bond donors (Lipinski definition) is 1. The van der Waals surface area contributed by atoms with Crippen LogP contribution in [0.1, 0.15) is 39.3 Å². The molecule has 0 spiro atoms. The number of halogens is 2. The van der Waals surface area contributed by atoms with E-state index in [0.717, 1.165) is 19.4 Å². The Kier molecular flexibility index (Phi) is 6.38. The highest BCUT2D eigenvalue weighted by Crippen LogP contribution is 2.33. The highest BCUT2D eigenvalue weighted by molar-refractivity contribution is 7.98. The first-order chi connectivity index (χ1) is 13.6. The molecule has 1 amide bonds. The summed E-state index contributed by atoms with van der Waals surface area (Å²) in [5.41, 5.74) is 0.170. The van der Waals surface area contributed by atoms with Crippen LogP contribution in [-0.2, 0) is 4.74 Å². The number of carbonyl (C=O) groups excluding carboxylic acids is 1. The Labute approximate surface area is 178 Å². The second kappa shape index (κ2) is 8.47. The van der Waals surface area contributed by atoms with Gasteiger partial charge in [-0.15, -0.1) is 0 Å². The van der Waals surface area contributed by atoms with Crippen LogP contribution in [0.2, 0.25) is 5.15 Å². The van der Waals surface area contributed by atoms with Crippen LogP contribution in [-0.4, -0.2) is 52.0 Å². The van der Waals surface area contributed by atoms with Crippen LogP contribution in [0.15, 0.2) is 5.16 Å².